The zero-order valence-electron chi connectivity index (χ0n) is 14.4. The Hall–Kier alpha value is -2.20. The first-order valence-corrected chi connectivity index (χ1v) is 9.24. The quantitative estimate of drug-likeness (QED) is 0.654. The minimum absolute atomic E-state index is 0.0471. The van der Waals surface area contributed by atoms with E-state index < -0.39 is 0 Å². The molecular weight excluding hydrogens is 376 g/mol. The number of rotatable bonds is 5. The number of pyridine rings is 1. The van der Waals surface area contributed by atoms with Gasteiger partial charge in [0.05, 0.1) is 11.1 Å². The van der Waals surface area contributed by atoms with Crippen LogP contribution in [-0.2, 0) is 6.42 Å². The normalized spacial score (nSPS) is 12.1. The van der Waals surface area contributed by atoms with Gasteiger partial charge in [-0.2, -0.15) is 0 Å². The van der Waals surface area contributed by atoms with Crippen molar-refractivity contribution < 1.29 is 4.79 Å². The molecule has 0 aliphatic carbocycles. The van der Waals surface area contributed by atoms with Crippen LogP contribution in [0.3, 0.4) is 0 Å². The second-order valence-corrected chi connectivity index (χ2v) is 7.29. The van der Waals surface area contributed by atoms with E-state index in [1.54, 1.807) is 0 Å². The number of amides is 1. The first-order valence-electron chi connectivity index (χ1n) is 8.44. The number of fused-ring (bicyclic) bond motifs is 1. The summed E-state index contributed by atoms with van der Waals surface area (Å²) in [6, 6.07) is 18.1. The lowest BCUT2D eigenvalue weighted by molar-refractivity contribution is 0.0940. The Balaban J connectivity index is 1.74. The molecule has 0 aliphatic rings. The number of hydrogen-bond acceptors (Lipinski definition) is 2. The molecular formula is C21H21BrN2O. The second-order valence-electron chi connectivity index (χ2n) is 6.37. The highest BCUT2D eigenvalue weighted by molar-refractivity contribution is 9.10. The minimum Gasteiger partial charge on any atom is -0.350 e. The summed E-state index contributed by atoms with van der Waals surface area (Å²) >= 11 is 3.48. The van der Waals surface area contributed by atoms with Crippen molar-refractivity contribution in [3.8, 4) is 0 Å². The van der Waals surface area contributed by atoms with Crippen molar-refractivity contribution in [1.82, 2.24) is 10.3 Å². The number of benzene rings is 2. The summed E-state index contributed by atoms with van der Waals surface area (Å²) in [7, 11) is 0. The summed E-state index contributed by atoms with van der Waals surface area (Å²) in [5, 5.41) is 3.99. The van der Waals surface area contributed by atoms with Crippen molar-refractivity contribution in [3.63, 3.8) is 0 Å². The number of nitrogens with one attached hydrogen (secondary N) is 1. The third-order valence-electron chi connectivity index (χ3n) is 4.23. The summed E-state index contributed by atoms with van der Waals surface area (Å²) in [6.07, 6.45) is 1.85. The van der Waals surface area contributed by atoms with Crippen LogP contribution in [0.2, 0.25) is 0 Å². The lowest BCUT2D eigenvalue weighted by Crippen LogP contribution is -2.33. The lowest BCUT2D eigenvalue weighted by atomic mass is 10.0. The van der Waals surface area contributed by atoms with Gasteiger partial charge in [-0.1, -0.05) is 46.3 Å². The van der Waals surface area contributed by atoms with Gasteiger partial charge in [-0.05, 0) is 56.5 Å². The van der Waals surface area contributed by atoms with Gasteiger partial charge in [-0.3, -0.25) is 9.78 Å². The molecule has 128 valence electrons. The Morgan fingerprint density at radius 1 is 1.16 bits per heavy atom. The molecule has 0 radical (unpaired) electrons. The Morgan fingerprint density at radius 2 is 1.92 bits per heavy atom. The topological polar surface area (TPSA) is 42.0 Å². The third-order valence-corrected chi connectivity index (χ3v) is 4.72. The third kappa shape index (κ3) is 4.45. The first kappa shape index (κ1) is 17.6. The van der Waals surface area contributed by atoms with Crippen LogP contribution in [0.4, 0.5) is 0 Å². The van der Waals surface area contributed by atoms with Gasteiger partial charge in [-0.25, -0.2) is 0 Å². The fraction of sp³-hybridized carbons (Fsp3) is 0.238. The highest BCUT2D eigenvalue weighted by atomic mass is 79.9. The smallest absolute Gasteiger partial charge is 0.252 e. The van der Waals surface area contributed by atoms with Crippen LogP contribution < -0.4 is 5.32 Å². The van der Waals surface area contributed by atoms with E-state index in [9.17, 15) is 4.79 Å². The minimum atomic E-state index is -0.0471. The molecule has 0 saturated carbocycles. The fourth-order valence-electron chi connectivity index (χ4n) is 2.92. The lowest BCUT2D eigenvalue weighted by Gasteiger charge is -2.15. The van der Waals surface area contributed by atoms with Gasteiger partial charge in [0.2, 0.25) is 0 Å². The van der Waals surface area contributed by atoms with Crippen LogP contribution in [0.15, 0.2) is 59.1 Å². The first-order chi connectivity index (χ1) is 12.0. The SMILES string of the molecule is Cc1cc(C(=O)NC(C)CCc2ccccc2)c2cc(Br)ccc2n1. The zero-order valence-corrected chi connectivity index (χ0v) is 16.0. The summed E-state index contributed by atoms with van der Waals surface area (Å²) in [5.74, 6) is -0.0471. The maximum absolute atomic E-state index is 12.8. The Kier molecular flexibility index (Phi) is 5.49. The molecule has 25 heavy (non-hydrogen) atoms. The highest BCUT2D eigenvalue weighted by Crippen LogP contribution is 2.23. The molecule has 2 aromatic carbocycles. The molecule has 1 unspecified atom stereocenters. The maximum Gasteiger partial charge on any atom is 0.252 e. The van der Waals surface area contributed by atoms with Crippen LogP contribution in [0.25, 0.3) is 10.9 Å². The molecule has 3 nitrogen and oxygen atoms in total. The summed E-state index contributed by atoms with van der Waals surface area (Å²) in [5.41, 5.74) is 3.65. The predicted molar refractivity (Wildman–Crippen MR) is 106 cm³/mol. The molecule has 0 spiro atoms. The van der Waals surface area contributed by atoms with Gasteiger partial charge in [0.25, 0.3) is 5.91 Å². The molecule has 0 aliphatic heterocycles. The molecule has 1 N–H and O–H groups in total. The van der Waals surface area contributed by atoms with Crippen LogP contribution in [-0.4, -0.2) is 16.9 Å². The number of carbonyl (C=O) groups excluding carboxylic acids is 1. The molecule has 0 saturated heterocycles. The largest absolute Gasteiger partial charge is 0.350 e. The van der Waals surface area contributed by atoms with Crippen molar-refractivity contribution >= 4 is 32.7 Å². The average molecular weight is 397 g/mol. The van der Waals surface area contributed by atoms with E-state index in [0.29, 0.717) is 5.56 Å². The number of nitrogens with zero attached hydrogens (tertiary/aromatic N) is 1. The van der Waals surface area contributed by atoms with Crippen LogP contribution in [0.1, 0.15) is 35.0 Å². The Labute approximate surface area is 156 Å². The molecule has 3 aromatic rings. The van der Waals surface area contributed by atoms with Gasteiger partial charge in [0.15, 0.2) is 0 Å². The molecule has 1 atom stereocenters. The van der Waals surface area contributed by atoms with Gasteiger partial charge >= 0.3 is 0 Å². The van der Waals surface area contributed by atoms with Crippen LogP contribution in [0, 0.1) is 6.92 Å². The van der Waals surface area contributed by atoms with E-state index in [2.05, 4.69) is 38.4 Å². The standard InChI is InChI=1S/C21H21BrN2O/c1-14(8-9-16-6-4-3-5-7-16)24-21(25)19-12-15(2)23-20-11-10-17(22)13-18(19)20/h3-7,10-14H,8-9H2,1-2H3,(H,24,25). The fourth-order valence-corrected chi connectivity index (χ4v) is 3.28. The molecule has 0 fully saturated rings. The second kappa shape index (κ2) is 7.79. The number of aromatic nitrogens is 1. The monoisotopic (exact) mass is 396 g/mol. The van der Waals surface area contributed by atoms with Crippen molar-refractivity contribution in [2.45, 2.75) is 32.7 Å². The van der Waals surface area contributed by atoms with Gasteiger partial charge in [0, 0.05) is 21.6 Å². The average Bonchev–Trinajstić information content (AvgIpc) is 2.60. The highest BCUT2D eigenvalue weighted by Gasteiger charge is 2.14. The Bertz CT molecular complexity index is 893. The Morgan fingerprint density at radius 3 is 2.68 bits per heavy atom. The van der Waals surface area contributed by atoms with Crippen molar-refractivity contribution in [3.05, 3.63) is 75.9 Å². The van der Waals surface area contributed by atoms with Crippen molar-refractivity contribution in [2.24, 2.45) is 0 Å². The number of aryl methyl sites for hydroxylation is 2. The molecule has 3 rings (SSSR count). The van der Waals surface area contributed by atoms with Gasteiger partial charge < -0.3 is 5.32 Å². The van der Waals surface area contributed by atoms with E-state index in [1.807, 2.05) is 56.3 Å². The molecule has 1 heterocycles. The van der Waals surface area contributed by atoms with E-state index >= 15 is 0 Å². The van der Waals surface area contributed by atoms with Gasteiger partial charge in [-0.15, -0.1) is 0 Å². The van der Waals surface area contributed by atoms with Gasteiger partial charge in [0.1, 0.15) is 0 Å². The van der Waals surface area contributed by atoms with Crippen molar-refractivity contribution in [2.75, 3.05) is 0 Å². The van der Waals surface area contributed by atoms with E-state index in [-0.39, 0.29) is 11.9 Å². The van der Waals surface area contributed by atoms with E-state index in [1.165, 1.54) is 5.56 Å². The molecule has 1 amide bonds. The van der Waals surface area contributed by atoms with Crippen LogP contribution >= 0.6 is 15.9 Å². The molecule has 4 heteroatoms. The van der Waals surface area contributed by atoms with Crippen LogP contribution in [0.5, 0.6) is 0 Å². The van der Waals surface area contributed by atoms with E-state index in [4.69, 9.17) is 0 Å². The summed E-state index contributed by atoms with van der Waals surface area (Å²) in [4.78, 5) is 17.3. The number of carbonyl (C=O) groups is 1. The zero-order chi connectivity index (χ0) is 17.8. The maximum atomic E-state index is 12.8. The molecule has 0 bridgehead atoms. The van der Waals surface area contributed by atoms with Crippen molar-refractivity contribution in [1.29, 1.82) is 0 Å². The number of halogens is 1. The summed E-state index contributed by atoms with van der Waals surface area (Å²) < 4.78 is 0.942. The number of hydrogen-bond donors (Lipinski definition) is 1. The predicted octanol–water partition coefficient (Wildman–Crippen LogP) is 5.06. The summed E-state index contributed by atoms with van der Waals surface area (Å²) in [6.45, 7) is 3.96. The van der Waals surface area contributed by atoms with E-state index in [0.717, 1.165) is 33.9 Å². The molecule has 1 aromatic heterocycles.